The molecule has 0 aliphatic carbocycles. The second-order valence-electron chi connectivity index (χ2n) is 8.18. The molecule has 0 unspecified atom stereocenters. The molecule has 0 radical (unpaired) electrons. The highest BCUT2D eigenvalue weighted by Gasteiger charge is 2.36. The van der Waals surface area contributed by atoms with Crippen LogP contribution in [0.25, 0.3) is 6.08 Å². The van der Waals surface area contributed by atoms with Crippen molar-refractivity contribution in [1.29, 1.82) is 0 Å². The average Bonchev–Trinajstić information content (AvgIpc) is 3.18. The minimum atomic E-state index is -0.701. The highest BCUT2D eigenvalue weighted by Crippen LogP contribution is 2.34. The van der Waals surface area contributed by atoms with E-state index in [1.807, 2.05) is 78.9 Å². The molecule has 0 bridgehead atoms. The molecule has 1 saturated heterocycles. The van der Waals surface area contributed by atoms with Crippen molar-refractivity contribution in [3.8, 4) is 5.75 Å². The third kappa shape index (κ3) is 4.70. The Morgan fingerprint density at radius 2 is 1.31 bits per heavy atom. The predicted octanol–water partition coefficient (Wildman–Crippen LogP) is 6.68. The van der Waals surface area contributed by atoms with Gasteiger partial charge in [0.15, 0.2) is 5.76 Å². The molecule has 0 spiro atoms. The number of amides is 2. The van der Waals surface area contributed by atoms with E-state index in [1.54, 1.807) is 19.3 Å². The van der Waals surface area contributed by atoms with Crippen LogP contribution in [0.2, 0.25) is 0 Å². The number of methoxy groups -OCH3 is 1. The number of ether oxygens (including phenoxy) is 2. The number of nitrogens with zero attached hydrogens (tertiary/aromatic N) is 2. The van der Waals surface area contributed by atoms with E-state index in [2.05, 4.69) is 29.2 Å². The van der Waals surface area contributed by atoms with Gasteiger partial charge in [-0.2, -0.15) is 0 Å². The number of hydrogen-bond donors (Lipinski definition) is 0. The molecular weight excluding hydrogens is 452 g/mol. The maximum Gasteiger partial charge on any atom is 0.422 e. The zero-order valence-electron chi connectivity index (χ0n) is 19.7. The Kier molecular flexibility index (Phi) is 6.49. The first-order chi connectivity index (χ1) is 17.6. The lowest BCUT2D eigenvalue weighted by Gasteiger charge is -2.25. The van der Waals surface area contributed by atoms with Crippen LogP contribution in [-0.2, 0) is 16.1 Å². The number of benzene rings is 4. The number of carbonyl (C=O) groups excluding carboxylic acids is 2. The number of carbonyl (C=O) groups is 2. The molecule has 0 saturated carbocycles. The molecule has 0 atom stereocenters. The van der Waals surface area contributed by atoms with Crippen molar-refractivity contribution in [2.75, 3.05) is 12.0 Å². The monoisotopic (exact) mass is 476 g/mol. The molecule has 0 N–H and O–H groups in total. The quantitative estimate of drug-likeness (QED) is 0.278. The fourth-order valence-electron chi connectivity index (χ4n) is 4.11. The molecule has 36 heavy (non-hydrogen) atoms. The lowest BCUT2D eigenvalue weighted by Crippen LogP contribution is -2.28. The van der Waals surface area contributed by atoms with Gasteiger partial charge in [-0.05, 0) is 54.1 Å². The minimum Gasteiger partial charge on any atom is -0.496 e. The summed E-state index contributed by atoms with van der Waals surface area (Å²) in [5.74, 6) is 0.114. The second kappa shape index (κ2) is 10.2. The summed E-state index contributed by atoms with van der Waals surface area (Å²) in [6.45, 7) is 0.0705. The molecule has 5 rings (SSSR count). The van der Waals surface area contributed by atoms with Gasteiger partial charge < -0.3 is 14.4 Å². The Bertz CT molecular complexity index is 1360. The smallest absolute Gasteiger partial charge is 0.422 e. The molecule has 1 aliphatic rings. The van der Waals surface area contributed by atoms with Crippen LogP contribution in [0, 0.1) is 0 Å². The van der Waals surface area contributed by atoms with Crippen LogP contribution >= 0.6 is 0 Å². The number of rotatable bonds is 7. The van der Waals surface area contributed by atoms with E-state index in [9.17, 15) is 9.59 Å². The van der Waals surface area contributed by atoms with Crippen molar-refractivity contribution in [3.63, 3.8) is 0 Å². The summed E-state index contributed by atoms with van der Waals surface area (Å²) in [5, 5.41) is 0. The van der Waals surface area contributed by atoms with Crippen LogP contribution in [-0.4, -0.2) is 24.0 Å². The van der Waals surface area contributed by atoms with Gasteiger partial charge in [0, 0.05) is 22.6 Å². The van der Waals surface area contributed by atoms with Crippen molar-refractivity contribution in [2.24, 2.45) is 0 Å². The Morgan fingerprint density at radius 3 is 1.92 bits per heavy atom. The van der Waals surface area contributed by atoms with Crippen LogP contribution in [0.3, 0.4) is 0 Å². The summed E-state index contributed by atoms with van der Waals surface area (Å²) in [7, 11) is 1.55. The summed E-state index contributed by atoms with van der Waals surface area (Å²) in [4.78, 5) is 28.6. The highest BCUT2D eigenvalue weighted by atomic mass is 16.6. The predicted molar refractivity (Wildman–Crippen MR) is 139 cm³/mol. The summed E-state index contributed by atoms with van der Waals surface area (Å²) in [6, 6.07) is 35.2. The zero-order chi connectivity index (χ0) is 24.9. The van der Waals surface area contributed by atoms with Gasteiger partial charge in [0.25, 0.3) is 5.91 Å². The maximum atomic E-state index is 12.9. The van der Waals surface area contributed by atoms with Crippen molar-refractivity contribution in [1.82, 2.24) is 4.90 Å². The van der Waals surface area contributed by atoms with E-state index < -0.39 is 12.0 Å². The average molecular weight is 477 g/mol. The molecule has 4 aromatic carbocycles. The molecule has 0 aromatic heterocycles. The van der Waals surface area contributed by atoms with Crippen LogP contribution in [0.4, 0.5) is 21.9 Å². The Morgan fingerprint density at radius 1 is 0.750 bits per heavy atom. The molecule has 1 aliphatic heterocycles. The van der Waals surface area contributed by atoms with E-state index in [0.717, 1.165) is 33.1 Å². The molecule has 6 nitrogen and oxygen atoms in total. The van der Waals surface area contributed by atoms with Gasteiger partial charge in [0.1, 0.15) is 5.75 Å². The summed E-state index contributed by atoms with van der Waals surface area (Å²) < 4.78 is 10.6. The molecule has 1 heterocycles. The van der Waals surface area contributed by atoms with E-state index in [0.29, 0.717) is 5.75 Å². The first-order valence-corrected chi connectivity index (χ1v) is 11.5. The van der Waals surface area contributed by atoms with Crippen molar-refractivity contribution in [2.45, 2.75) is 6.54 Å². The number of hydrogen-bond acceptors (Lipinski definition) is 5. The van der Waals surface area contributed by atoms with Gasteiger partial charge >= 0.3 is 6.09 Å². The van der Waals surface area contributed by atoms with E-state index in [-0.39, 0.29) is 12.3 Å². The molecule has 6 heteroatoms. The van der Waals surface area contributed by atoms with Gasteiger partial charge in [-0.25, -0.2) is 9.69 Å². The van der Waals surface area contributed by atoms with Crippen molar-refractivity contribution >= 4 is 35.1 Å². The van der Waals surface area contributed by atoms with E-state index >= 15 is 0 Å². The first-order valence-electron chi connectivity index (χ1n) is 11.5. The SMILES string of the molecule is COc1ccccc1CN1C(=O)OC(=Cc2ccc(N(c3ccccc3)c3ccccc3)cc2)C1=O. The summed E-state index contributed by atoms with van der Waals surface area (Å²) >= 11 is 0. The van der Waals surface area contributed by atoms with Gasteiger partial charge in [-0.3, -0.25) is 4.79 Å². The van der Waals surface area contributed by atoms with Gasteiger partial charge in [-0.1, -0.05) is 66.7 Å². The van der Waals surface area contributed by atoms with Crippen LogP contribution < -0.4 is 9.64 Å². The van der Waals surface area contributed by atoms with Crippen LogP contribution in [0.1, 0.15) is 11.1 Å². The Balaban J connectivity index is 1.39. The fourth-order valence-corrected chi connectivity index (χ4v) is 4.11. The Labute approximate surface area is 209 Å². The number of para-hydroxylation sites is 3. The van der Waals surface area contributed by atoms with Gasteiger partial charge in [-0.15, -0.1) is 0 Å². The van der Waals surface area contributed by atoms with E-state index in [1.165, 1.54) is 0 Å². The maximum absolute atomic E-state index is 12.9. The second-order valence-corrected chi connectivity index (χ2v) is 8.18. The standard InChI is InChI=1S/C30H24N2O4/c1-35-27-15-9-8-10-23(27)21-31-29(33)28(36-30(31)34)20-22-16-18-26(19-17-22)32(24-11-4-2-5-12-24)25-13-6-3-7-14-25/h2-20H,21H2,1H3. The molecule has 1 fully saturated rings. The largest absolute Gasteiger partial charge is 0.496 e. The lowest BCUT2D eigenvalue weighted by molar-refractivity contribution is -0.123. The summed E-state index contributed by atoms with van der Waals surface area (Å²) in [6.07, 6.45) is 0.884. The zero-order valence-corrected chi connectivity index (χ0v) is 19.7. The van der Waals surface area contributed by atoms with E-state index in [4.69, 9.17) is 9.47 Å². The summed E-state index contributed by atoms with van der Waals surface area (Å²) in [5.41, 5.74) is 4.48. The van der Waals surface area contributed by atoms with Crippen LogP contribution in [0.15, 0.2) is 115 Å². The lowest BCUT2D eigenvalue weighted by atomic mass is 10.1. The van der Waals surface area contributed by atoms with Gasteiger partial charge in [0.2, 0.25) is 0 Å². The molecule has 4 aromatic rings. The topological polar surface area (TPSA) is 59.1 Å². The highest BCUT2D eigenvalue weighted by molar-refractivity contribution is 6.09. The third-order valence-electron chi connectivity index (χ3n) is 5.87. The van der Waals surface area contributed by atoms with Crippen LogP contribution in [0.5, 0.6) is 5.75 Å². The number of cyclic esters (lactones) is 1. The molecule has 2 amide bonds. The van der Waals surface area contributed by atoms with Crippen molar-refractivity contribution in [3.05, 3.63) is 126 Å². The van der Waals surface area contributed by atoms with Crippen molar-refractivity contribution < 1.29 is 19.1 Å². The normalized spacial score (nSPS) is 14.1. The Hall–Kier alpha value is -4.84. The molecule has 178 valence electrons. The van der Waals surface area contributed by atoms with Gasteiger partial charge in [0.05, 0.1) is 13.7 Å². The fraction of sp³-hybridized carbons (Fsp3) is 0.0667. The molecular formula is C30H24N2O4. The number of imide groups is 1. The number of anilines is 3. The minimum absolute atomic E-state index is 0.00868. The first kappa shape index (κ1) is 22.9. The third-order valence-corrected chi connectivity index (χ3v) is 5.87.